The molecule has 1 saturated heterocycles. The smallest absolute Gasteiger partial charge is 0.307 e. The average molecular weight is 240 g/mol. The summed E-state index contributed by atoms with van der Waals surface area (Å²) < 4.78 is 0. The van der Waals surface area contributed by atoms with Crippen LogP contribution in [0.3, 0.4) is 0 Å². The van der Waals surface area contributed by atoms with Gasteiger partial charge in [-0.2, -0.15) is 0 Å². The van der Waals surface area contributed by atoms with Crippen molar-refractivity contribution in [3.63, 3.8) is 0 Å². The van der Waals surface area contributed by atoms with E-state index in [0.717, 1.165) is 19.5 Å². The molecule has 1 amide bonds. The quantitative estimate of drug-likeness (QED) is 0.734. The van der Waals surface area contributed by atoms with Gasteiger partial charge in [-0.15, -0.1) is 0 Å². The summed E-state index contributed by atoms with van der Waals surface area (Å²) in [7, 11) is 2.09. The molecule has 1 aliphatic heterocycles. The zero-order valence-corrected chi connectivity index (χ0v) is 10.2. The van der Waals surface area contributed by atoms with Crippen molar-refractivity contribution < 1.29 is 14.7 Å². The Morgan fingerprint density at radius 3 is 2.76 bits per heavy atom. The summed E-state index contributed by atoms with van der Waals surface area (Å²) in [6.07, 6.45) is 2.83. The Kier molecular flexibility index (Phi) is 3.66. The predicted molar refractivity (Wildman–Crippen MR) is 62.5 cm³/mol. The van der Waals surface area contributed by atoms with Gasteiger partial charge >= 0.3 is 5.97 Å². The highest BCUT2D eigenvalue weighted by Crippen LogP contribution is 2.38. The Balaban J connectivity index is 1.68. The SMILES string of the molecule is CN1CCCC(CNC(=O)C2CC2C(=O)O)C1. The van der Waals surface area contributed by atoms with E-state index in [9.17, 15) is 9.59 Å². The molecular weight excluding hydrogens is 220 g/mol. The molecule has 0 aromatic heterocycles. The molecule has 96 valence electrons. The van der Waals surface area contributed by atoms with E-state index in [4.69, 9.17) is 5.11 Å². The predicted octanol–water partition coefficient (Wildman–Crippen LogP) is 0.165. The van der Waals surface area contributed by atoms with Crippen LogP contribution in [0.15, 0.2) is 0 Å². The van der Waals surface area contributed by atoms with E-state index in [2.05, 4.69) is 17.3 Å². The Bertz CT molecular complexity index is 319. The number of carboxylic acids is 1. The second-order valence-corrected chi connectivity index (χ2v) is 5.30. The fourth-order valence-electron chi connectivity index (χ4n) is 2.57. The molecule has 0 spiro atoms. The Morgan fingerprint density at radius 1 is 1.41 bits per heavy atom. The van der Waals surface area contributed by atoms with Crippen LogP contribution in [-0.4, -0.2) is 48.6 Å². The lowest BCUT2D eigenvalue weighted by atomic mass is 9.98. The molecule has 17 heavy (non-hydrogen) atoms. The minimum atomic E-state index is -0.845. The summed E-state index contributed by atoms with van der Waals surface area (Å²) in [5, 5.41) is 11.6. The van der Waals surface area contributed by atoms with E-state index in [-0.39, 0.29) is 11.8 Å². The molecule has 0 bridgehead atoms. The Labute approximate surface area is 101 Å². The number of hydrogen-bond donors (Lipinski definition) is 2. The van der Waals surface area contributed by atoms with Crippen LogP contribution in [0.25, 0.3) is 0 Å². The number of carbonyl (C=O) groups is 2. The van der Waals surface area contributed by atoms with Crippen LogP contribution < -0.4 is 5.32 Å². The molecule has 2 rings (SSSR count). The molecule has 0 aromatic rings. The first-order chi connectivity index (χ1) is 8.08. The number of rotatable bonds is 4. The van der Waals surface area contributed by atoms with Gasteiger partial charge in [0.2, 0.25) is 5.91 Å². The molecular formula is C12H20N2O3. The summed E-state index contributed by atoms with van der Waals surface area (Å²) >= 11 is 0. The molecule has 5 heteroatoms. The van der Waals surface area contributed by atoms with Crippen molar-refractivity contribution in [2.45, 2.75) is 19.3 Å². The molecule has 1 saturated carbocycles. The van der Waals surface area contributed by atoms with E-state index >= 15 is 0 Å². The first kappa shape index (κ1) is 12.4. The lowest BCUT2D eigenvalue weighted by molar-refractivity contribution is -0.140. The summed E-state index contributed by atoms with van der Waals surface area (Å²) in [5.74, 6) is -1.13. The first-order valence-corrected chi connectivity index (χ1v) is 6.27. The summed E-state index contributed by atoms with van der Waals surface area (Å²) in [5.41, 5.74) is 0. The number of piperidine rings is 1. The minimum absolute atomic E-state index is 0.0781. The highest BCUT2D eigenvalue weighted by Gasteiger charge is 2.48. The third kappa shape index (κ3) is 3.19. The van der Waals surface area contributed by atoms with E-state index in [1.165, 1.54) is 6.42 Å². The van der Waals surface area contributed by atoms with Gasteiger partial charge in [-0.25, -0.2) is 0 Å². The van der Waals surface area contributed by atoms with Crippen LogP contribution >= 0.6 is 0 Å². The molecule has 2 fully saturated rings. The maximum Gasteiger partial charge on any atom is 0.307 e. The number of amides is 1. The van der Waals surface area contributed by atoms with Crippen LogP contribution in [0.5, 0.6) is 0 Å². The second-order valence-electron chi connectivity index (χ2n) is 5.30. The lowest BCUT2D eigenvalue weighted by Crippen LogP contribution is -2.39. The van der Waals surface area contributed by atoms with Crippen molar-refractivity contribution in [3.05, 3.63) is 0 Å². The van der Waals surface area contributed by atoms with E-state index in [1.807, 2.05) is 0 Å². The van der Waals surface area contributed by atoms with Crippen LogP contribution in [0.1, 0.15) is 19.3 Å². The number of hydrogen-bond acceptors (Lipinski definition) is 3. The standard InChI is InChI=1S/C12H20N2O3/c1-14-4-2-3-8(7-14)6-13-11(15)9-5-10(9)12(16)17/h8-10H,2-7H2,1H3,(H,13,15)(H,16,17). The van der Waals surface area contributed by atoms with Gasteiger partial charge in [-0.05, 0) is 38.8 Å². The largest absolute Gasteiger partial charge is 0.481 e. The van der Waals surface area contributed by atoms with Gasteiger partial charge in [-0.3, -0.25) is 9.59 Å². The van der Waals surface area contributed by atoms with Crippen LogP contribution in [-0.2, 0) is 9.59 Å². The fourth-order valence-corrected chi connectivity index (χ4v) is 2.57. The number of carbonyl (C=O) groups excluding carboxylic acids is 1. The van der Waals surface area contributed by atoms with Crippen LogP contribution in [0, 0.1) is 17.8 Å². The summed E-state index contributed by atoms with van der Waals surface area (Å²) in [6.45, 7) is 2.84. The third-order valence-corrected chi connectivity index (χ3v) is 3.73. The van der Waals surface area contributed by atoms with Gasteiger partial charge in [-0.1, -0.05) is 0 Å². The second kappa shape index (κ2) is 5.04. The number of nitrogens with zero attached hydrogens (tertiary/aromatic N) is 1. The number of aliphatic carboxylic acids is 1. The Hall–Kier alpha value is -1.10. The monoisotopic (exact) mass is 240 g/mol. The molecule has 3 unspecified atom stereocenters. The lowest BCUT2D eigenvalue weighted by Gasteiger charge is -2.29. The summed E-state index contributed by atoms with van der Waals surface area (Å²) in [4.78, 5) is 24.6. The van der Waals surface area contributed by atoms with Crippen molar-refractivity contribution in [1.82, 2.24) is 10.2 Å². The van der Waals surface area contributed by atoms with Crippen LogP contribution in [0.4, 0.5) is 0 Å². The fraction of sp³-hybridized carbons (Fsp3) is 0.833. The van der Waals surface area contributed by atoms with Gasteiger partial charge in [0.15, 0.2) is 0 Å². The number of carboxylic acid groups (broad SMARTS) is 1. The topological polar surface area (TPSA) is 69.6 Å². The van der Waals surface area contributed by atoms with Crippen molar-refractivity contribution in [2.75, 3.05) is 26.7 Å². The molecule has 3 atom stereocenters. The maximum absolute atomic E-state index is 11.7. The van der Waals surface area contributed by atoms with Crippen molar-refractivity contribution in [1.29, 1.82) is 0 Å². The van der Waals surface area contributed by atoms with Gasteiger partial charge in [0.1, 0.15) is 0 Å². The number of likely N-dealkylation sites (tertiary alicyclic amines) is 1. The molecule has 0 aromatic carbocycles. The molecule has 1 heterocycles. The highest BCUT2D eigenvalue weighted by molar-refractivity contribution is 5.89. The van der Waals surface area contributed by atoms with E-state index < -0.39 is 11.9 Å². The zero-order chi connectivity index (χ0) is 12.4. The van der Waals surface area contributed by atoms with Crippen molar-refractivity contribution in [3.8, 4) is 0 Å². The molecule has 0 radical (unpaired) electrons. The van der Waals surface area contributed by atoms with Crippen molar-refractivity contribution in [2.24, 2.45) is 17.8 Å². The summed E-state index contributed by atoms with van der Waals surface area (Å²) in [6, 6.07) is 0. The Morgan fingerprint density at radius 2 is 2.18 bits per heavy atom. The first-order valence-electron chi connectivity index (χ1n) is 6.27. The highest BCUT2D eigenvalue weighted by atomic mass is 16.4. The van der Waals surface area contributed by atoms with Gasteiger partial charge in [0.25, 0.3) is 0 Å². The number of nitrogens with one attached hydrogen (secondary N) is 1. The van der Waals surface area contributed by atoms with Crippen molar-refractivity contribution >= 4 is 11.9 Å². The zero-order valence-electron chi connectivity index (χ0n) is 10.2. The van der Waals surface area contributed by atoms with Gasteiger partial charge in [0.05, 0.1) is 11.8 Å². The van der Waals surface area contributed by atoms with E-state index in [1.54, 1.807) is 0 Å². The minimum Gasteiger partial charge on any atom is -0.481 e. The third-order valence-electron chi connectivity index (χ3n) is 3.73. The molecule has 2 N–H and O–H groups in total. The average Bonchev–Trinajstić information content (AvgIpc) is 3.06. The normalized spacial score (nSPS) is 33.1. The van der Waals surface area contributed by atoms with Gasteiger partial charge < -0.3 is 15.3 Å². The molecule has 2 aliphatic rings. The van der Waals surface area contributed by atoms with Crippen LogP contribution in [0.2, 0.25) is 0 Å². The van der Waals surface area contributed by atoms with E-state index in [0.29, 0.717) is 18.9 Å². The maximum atomic E-state index is 11.7. The molecule has 5 nitrogen and oxygen atoms in total. The van der Waals surface area contributed by atoms with Gasteiger partial charge in [0, 0.05) is 13.1 Å². The molecule has 1 aliphatic carbocycles.